The van der Waals surface area contributed by atoms with Gasteiger partial charge >= 0.3 is 17.9 Å². The van der Waals surface area contributed by atoms with Crippen LogP contribution in [0.5, 0.6) is 0 Å². The van der Waals surface area contributed by atoms with Crippen LogP contribution in [-0.4, -0.2) is 61.1 Å². The first-order valence-corrected chi connectivity index (χ1v) is 6.70. The van der Waals surface area contributed by atoms with Crippen molar-refractivity contribution in [3.8, 4) is 0 Å². The first-order valence-electron chi connectivity index (χ1n) is 6.70. The van der Waals surface area contributed by atoms with Gasteiger partial charge in [-0.3, -0.25) is 4.79 Å². The van der Waals surface area contributed by atoms with Gasteiger partial charge in [-0.05, 0) is 20.3 Å². The number of nitrogens with zero attached hydrogens (tertiary/aromatic N) is 1. The fraction of sp³-hybridized carbons (Fsp3) is 0.692. The van der Waals surface area contributed by atoms with Crippen LogP contribution in [0.3, 0.4) is 0 Å². The number of carbonyl (C=O) groups is 4. The molecule has 0 aromatic carbocycles. The van der Waals surface area contributed by atoms with Crippen molar-refractivity contribution in [2.24, 2.45) is 0 Å². The molecule has 1 saturated heterocycles. The van der Waals surface area contributed by atoms with Gasteiger partial charge in [0.05, 0.1) is 20.3 Å². The Bertz CT molecular complexity index is 416. The highest BCUT2D eigenvalue weighted by atomic mass is 16.6. The molecule has 8 heteroatoms. The van der Waals surface area contributed by atoms with E-state index < -0.39 is 35.9 Å². The first-order chi connectivity index (χ1) is 9.97. The SMILES string of the molecule is CCOC(=O)C(C(=O)OCC)N1C(=O)CCC1C(=O)OC. The van der Waals surface area contributed by atoms with Crippen molar-refractivity contribution in [1.29, 1.82) is 0 Å². The van der Waals surface area contributed by atoms with E-state index in [1.807, 2.05) is 0 Å². The Kier molecular flexibility index (Phi) is 6.13. The van der Waals surface area contributed by atoms with Gasteiger partial charge in [0.2, 0.25) is 11.9 Å². The van der Waals surface area contributed by atoms with Gasteiger partial charge in [0.1, 0.15) is 6.04 Å². The topological polar surface area (TPSA) is 99.2 Å². The third-order valence-corrected chi connectivity index (χ3v) is 3.03. The summed E-state index contributed by atoms with van der Waals surface area (Å²) in [6.45, 7) is 3.23. The highest BCUT2D eigenvalue weighted by Crippen LogP contribution is 2.24. The van der Waals surface area contributed by atoms with E-state index in [9.17, 15) is 19.2 Å². The number of amides is 1. The second kappa shape index (κ2) is 7.61. The number of carbonyl (C=O) groups excluding carboxylic acids is 4. The summed E-state index contributed by atoms with van der Waals surface area (Å²) in [4.78, 5) is 48.5. The molecule has 8 nitrogen and oxygen atoms in total. The van der Waals surface area contributed by atoms with E-state index in [1.54, 1.807) is 13.8 Å². The average Bonchev–Trinajstić information content (AvgIpc) is 2.81. The number of esters is 3. The van der Waals surface area contributed by atoms with Crippen LogP contribution >= 0.6 is 0 Å². The third-order valence-electron chi connectivity index (χ3n) is 3.03. The third kappa shape index (κ3) is 3.71. The molecule has 0 aromatic heterocycles. The van der Waals surface area contributed by atoms with E-state index in [4.69, 9.17) is 9.47 Å². The Balaban J connectivity index is 3.09. The van der Waals surface area contributed by atoms with Crippen LogP contribution in [0.1, 0.15) is 26.7 Å². The van der Waals surface area contributed by atoms with E-state index in [0.717, 1.165) is 4.90 Å². The molecule has 1 aliphatic rings. The second-order valence-corrected chi connectivity index (χ2v) is 4.29. The van der Waals surface area contributed by atoms with Gasteiger partial charge in [-0.15, -0.1) is 0 Å². The predicted molar refractivity (Wildman–Crippen MR) is 68.9 cm³/mol. The molecule has 0 aromatic rings. The lowest BCUT2D eigenvalue weighted by Crippen LogP contribution is -2.54. The summed E-state index contributed by atoms with van der Waals surface area (Å²) in [6, 6.07) is -2.56. The standard InChI is InChI=1S/C13H19NO7/c1-4-20-12(17)10(13(18)21-5-2)14-8(11(16)19-3)6-7-9(14)15/h8,10H,4-7H2,1-3H3. The van der Waals surface area contributed by atoms with E-state index >= 15 is 0 Å². The Hall–Kier alpha value is -2.12. The molecule has 1 aliphatic heterocycles. The van der Waals surface area contributed by atoms with E-state index in [2.05, 4.69) is 4.74 Å². The molecule has 0 aliphatic carbocycles. The fourth-order valence-electron chi connectivity index (χ4n) is 2.16. The van der Waals surface area contributed by atoms with Crippen LogP contribution in [0.15, 0.2) is 0 Å². The van der Waals surface area contributed by atoms with Crippen molar-refractivity contribution >= 4 is 23.8 Å². The maximum absolute atomic E-state index is 12.0. The lowest BCUT2D eigenvalue weighted by molar-refractivity contribution is -0.170. The summed E-state index contributed by atoms with van der Waals surface area (Å²) in [6.07, 6.45) is 0.232. The summed E-state index contributed by atoms with van der Waals surface area (Å²) >= 11 is 0. The zero-order valence-corrected chi connectivity index (χ0v) is 12.3. The smallest absolute Gasteiger partial charge is 0.340 e. The van der Waals surface area contributed by atoms with Crippen molar-refractivity contribution in [3.63, 3.8) is 0 Å². The lowest BCUT2D eigenvalue weighted by atomic mass is 10.2. The van der Waals surface area contributed by atoms with Gasteiger partial charge in [-0.1, -0.05) is 0 Å². The molecule has 1 amide bonds. The second-order valence-electron chi connectivity index (χ2n) is 4.29. The van der Waals surface area contributed by atoms with E-state index in [0.29, 0.717) is 0 Å². The van der Waals surface area contributed by atoms with Crippen molar-refractivity contribution in [3.05, 3.63) is 0 Å². The molecule has 1 rings (SSSR count). The van der Waals surface area contributed by atoms with Crippen LogP contribution in [0.25, 0.3) is 0 Å². The van der Waals surface area contributed by atoms with Gasteiger partial charge in [0, 0.05) is 6.42 Å². The summed E-state index contributed by atoms with van der Waals surface area (Å²) < 4.78 is 14.2. The van der Waals surface area contributed by atoms with Gasteiger partial charge in [0.25, 0.3) is 0 Å². The number of hydrogen-bond donors (Lipinski definition) is 0. The monoisotopic (exact) mass is 301 g/mol. The zero-order chi connectivity index (χ0) is 16.0. The van der Waals surface area contributed by atoms with Crippen molar-refractivity contribution in [2.45, 2.75) is 38.8 Å². The first kappa shape index (κ1) is 16.9. The highest BCUT2D eigenvalue weighted by molar-refractivity contribution is 6.04. The molecule has 1 unspecified atom stereocenters. The highest BCUT2D eigenvalue weighted by Gasteiger charge is 2.48. The molecule has 0 N–H and O–H groups in total. The van der Waals surface area contributed by atoms with Crippen molar-refractivity contribution in [2.75, 3.05) is 20.3 Å². The predicted octanol–water partition coefficient (Wildman–Crippen LogP) is -0.355. The maximum atomic E-state index is 12.0. The van der Waals surface area contributed by atoms with E-state index in [1.165, 1.54) is 7.11 Å². The summed E-state index contributed by atoms with van der Waals surface area (Å²) in [5.74, 6) is -3.00. The Morgan fingerprint density at radius 1 is 1.19 bits per heavy atom. The normalized spacial score (nSPS) is 17.8. The fourth-order valence-corrected chi connectivity index (χ4v) is 2.16. The van der Waals surface area contributed by atoms with Crippen LogP contribution in [0.4, 0.5) is 0 Å². The van der Waals surface area contributed by atoms with Crippen LogP contribution < -0.4 is 0 Å². The van der Waals surface area contributed by atoms with Gasteiger partial charge in [-0.25, -0.2) is 14.4 Å². The zero-order valence-electron chi connectivity index (χ0n) is 12.3. The molecule has 0 saturated carbocycles. The largest absolute Gasteiger partial charge is 0.467 e. The van der Waals surface area contributed by atoms with E-state index in [-0.39, 0.29) is 26.1 Å². The lowest BCUT2D eigenvalue weighted by Gasteiger charge is -2.28. The molecule has 0 radical (unpaired) electrons. The minimum Gasteiger partial charge on any atom is -0.467 e. The molecular weight excluding hydrogens is 282 g/mol. The van der Waals surface area contributed by atoms with Crippen molar-refractivity contribution in [1.82, 2.24) is 4.90 Å². The summed E-state index contributed by atoms with van der Waals surface area (Å²) in [5, 5.41) is 0. The van der Waals surface area contributed by atoms with Gasteiger partial charge in [-0.2, -0.15) is 0 Å². The van der Waals surface area contributed by atoms with Crippen LogP contribution in [-0.2, 0) is 33.4 Å². The summed E-state index contributed by atoms with van der Waals surface area (Å²) in [7, 11) is 1.17. The molecule has 118 valence electrons. The molecule has 1 fully saturated rings. The average molecular weight is 301 g/mol. The van der Waals surface area contributed by atoms with Crippen LogP contribution in [0.2, 0.25) is 0 Å². The van der Waals surface area contributed by atoms with Crippen molar-refractivity contribution < 1.29 is 33.4 Å². The Labute approximate surface area is 122 Å². The molecule has 0 bridgehead atoms. The number of rotatable bonds is 6. The van der Waals surface area contributed by atoms with Crippen LogP contribution in [0, 0.1) is 0 Å². The summed E-state index contributed by atoms with van der Waals surface area (Å²) in [5.41, 5.74) is 0. The molecule has 1 heterocycles. The minimum absolute atomic E-state index is 0.0413. The molecule has 1 atom stereocenters. The molecular formula is C13H19NO7. The Morgan fingerprint density at radius 3 is 2.14 bits per heavy atom. The maximum Gasteiger partial charge on any atom is 0.340 e. The molecule has 21 heavy (non-hydrogen) atoms. The van der Waals surface area contributed by atoms with Gasteiger partial charge in [0.15, 0.2) is 0 Å². The number of hydrogen-bond acceptors (Lipinski definition) is 7. The minimum atomic E-state index is -1.58. The number of methoxy groups -OCH3 is 1. The van der Waals surface area contributed by atoms with Gasteiger partial charge < -0.3 is 19.1 Å². The number of likely N-dealkylation sites (tertiary alicyclic amines) is 1. The Morgan fingerprint density at radius 2 is 1.71 bits per heavy atom. The molecule has 0 spiro atoms. The quantitative estimate of drug-likeness (QED) is 0.375. The number of ether oxygens (including phenoxy) is 3.